The molecule has 0 bridgehead atoms. The minimum Gasteiger partial charge on any atom is -0.490 e. The van der Waals surface area contributed by atoms with Gasteiger partial charge in [0.1, 0.15) is 23.1 Å². The van der Waals surface area contributed by atoms with Gasteiger partial charge in [0, 0.05) is 24.0 Å². The number of amides is 1. The highest BCUT2D eigenvalue weighted by molar-refractivity contribution is 6.36. The fraction of sp³-hybridized carbons (Fsp3) is 0.389. The molecule has 1 aliphatic rings. The molecule has 2 N–H and O–H groups in total. The SMILES string of the molecule is Cc1c(OC2CCN(C)CC2)ccc2cc(NC(=O)C(=O)O)c(=O)oc12. The number of benzene rings is 1. The normalized spacial score (nSPS) is 15.8. The molecule has 1 saturated heterocycles. The third-order valence-electron chi connectivity index (χ3n) is 4.50. The summed E-state index contributed by atoms with van der Waals surface area (Å²) in [5.41, 5.74) is 0.0170. The lowest BCUT2D eigenvalue weighted by Gasteiger charge is -2.29. The van der Waals surface area contributed by atoms with Crippen LogP contribution in [0.2, 0.25) is 0 Å². The van der Waals surface area contributed by atoms with E-state index in [1.807, 2.05) is 5.32 Å². The van der Waals surface area contributed by atoms with Crippen molar-refractivity contribution in [2.45, 2.75) is 25.9 Å². The lowest BCUT2D eigenvalue weighted by molar-refractivity contribution is -0.147. The minimum atomic E-state index is -1.68. The van der Waals surface area contributed by atoms with E-state index < -0.39 is 17.5 Å². The molecule has 8 nitrogen and oxygen atoms in total. The van der Waals surface area contributed by atoms with Gasteiger partial charge in [-0.25, -0.2) is 9.59 Å². The van der Waals surface area contributed by atoms with E-state index in [9.17, 15) is 14.4 Å². The zero-order valence-corrected chi connectivity index (χ0v) is 14.6. The van der Waals surface area contributed by atoms with Crippen molar-refractivity contribution in [3.63, 3.8) is 0 Å². The Labute approximate surface area is 149 Å². The van der Waals surface area contributed by atoms with Gasteiger partial charge in [0.25, 0.3) is 0 Å². The van der Waals surface area contributed by atoms with Crippen LogP contribution < -0.4 is 15.7 Å². The molecule has 1 fully saturated rings. The Morgan fingerprint density at radius 2 is 2.00 bits per heavy atom. The summed E-state index contributed by atoms with van der Waals surface area (Å²) in [6.07, 6.45) is 1.97. The van der Waals surface area contributed by atoms with E-state index in [4.69, 9.17) is 14.3 Å². The smallest absolute Gasteiger partial charge is 0.394 e. The van der Waals surface area contributed by atoms with Gasteiger partial charge in [0.2, 0.25) is 0 Å². The number of fused-ring (bicyclic) bond motifs is 1. The topological polar surface area (TPSA) is 109 Å². The number of aliphatic carboxylic acids is 1. The first kappa shape index (κ1) is 17.9. The van der Waals surface area contributed by atoms with Gasteiger partial charge in [0.05, 0.1) is 0 Å². The summed E-state index contributed by atoms with van der Waals surface area (Å²) in [6.45, 7) is 3.74. The molecule has 138 valence electrons. The van der Waals surface area contributed by atoms with Crippen LogP contribution in [0.4, 0.5) is 5.69 Å². The Hall–Kier alpha value is -2.87. The van der Waals surface area contributed by atoms with Gasteiger partial charge in [0.15, 0.2) is 0 Å². The zero-order chi connectivity index (χ0) is 18.8. The first-order valence-corrected chi connectivity index (χ1v) is 8.32. The van der Waals surface area contributed by atoms with E-state index in [0.717, 1.165) is 25.9 Å². The monoisotopic (exact) mass is 360 g/mol. The molecule has 2 heterocycles. The second kappa shape index (κ2) is 7.17. The fourth-order valence-corrected chi connectivity index (χ4v) is 2.98. The lowest BCUT2D eigenvalue weighted by atomic mass is 10.1. The Balaban J connectivity index is 1.88. The number of carboxylic acids is 1. The van der Waals surface area contributed by atoms with Gasteiger partial charge >= 0.3 is 17.5 Å². The average Bonchev–Trinajstić information content (AvgIpc) is 2.60. The number of carbonyl (C=O) groups is 2. The van der Waals surface area contributed by atoms with Crippen LogP contribution in [0.5, 0.6) is 5.75 Å². The number of hydrogen-bond acceptors (Lipinski definition) is 6. The van der Waals surface area contributed by atoms with Crippen molar-refractivity contribution in [3.8, 4) is 5.75 Å². The van der Waals surface area contributed by atoms with E-state index in [0.29, 0.717) is 22.3 Å². The van der Waals surface area contributed by atoms with Gasteiger partial charge in [-0.2, -0.15) is 0 Å². The predicted octanol–water partition coefficient (Wildman–Crippen LogP) is 1.60. The van der Waals surface area contributed by atoms with Crippen molar-refractivity contribution in [1.82, 2.24) is 4.90 Å². The Bertz CT molecular complexity index is 912. The van der Waals surface area contributed by atoms with E-state index in [2.05, 4.69) is 11.9 Å². The van der Waals surface area contributed by atoms with Crippen molar-refractivity contribution in [2.75, 3.05) is 25.5 Å². The quantitative estimate of drug-likeness (QED) is 0.632. The second-order valence-corrected chi connectivity index (χ2v) is 6.43. The van der Waals surface area contributed by atoms with Crippen molar-refractivity contribution in [1.29, 1.82) is 0 Å². The standard InChI is InChI=1S/C18H20N2O6/c1-10-14(25-12-5-7-20(2)8-6-12)4-3-11-9-13(18(24)26-15(10)11)19-16(21)17(22)23/h3-4,9,12H,5-8H2,1-2H3,(H,19,21)(H,22,23). The number of carbonyl (C=O) groups excluding carboxylic acids is 1. The zero-order valence-electron chi connectivity index (χ0n) is 14.6. The predicted molar refractivity (Wildman–Crippen MR) is 94.6 cm³/mol. The molecule has 26 heavy (non-hydrogen) atoms. The molecule has 1 aromatic heterocycles. The van der Waals surface area contributed by atoms with Gasteiger partial charge in [-0.05, 0) is 45.0 Å². The minimum absolute atomic E-state index is 0.114. The second-order valence-electron chi connectivity index (χ2n) is 6.43. The van der Waals surface area contributed by atoms with E-state index in [1.165, 1.54) is 6.07 Å². The molecule has 0 spiro atoms. The molecule has 3 rings (SSSR count). The third kappa shape index (κ3) is 3.70. The Kier molecular flexibility index (Phi) is 4.94. The number of likely N-dealkylation sites (tertiary alicyclic amines) is 1. The highest BCUT2D eigenvalue weighted by Crippen LogP contribution is 2.29. The number of ether oxygens (including phenoxy) is 1. The van der Waals surface area contributed by atoms with Gasteiger partial charge < -0.3 is 24.5 Å². The number of hydrogen-bond donors (Lipinski definition) is 2. The molecule has 0 aliphatic carbocycles. The highest BCUT2D eigenvalue weighted by atomic mass is 16.5. The summed E-state index contributed by atoms with van der Waals surface area (Å²) in [7, 11) is 2.08. The molecule has 8 heteroatoms. The molecule has 2 aromatic rings. The van der Waals surface area contributed by atoms with Crippen LogP contribution in [0.3, 0.4) is 0 Å². The van der Waals surface area contributed by atoms with E-state index in [1.54, 1.807) is 19.1 Å². The molecule has 1 aliphatic heterocycles. The largest absolute Gasteiger partial charge is 0.490 e. The number of piperidine rings is 1. The molecular weight excluding hydrogens is 340 g/mol. The van der Waals surface area contributed by atoms with Crippen LogP contribution in [-0.2, 0) is 9.59 Å². The summed E-state index contributed by atoms with van der Waals surface area (Å²) < 4.78 is 11.4. The van der Waals surface area contributed by atoms with Crippen LogP contribution >= 0.6 is 0 Å². The maximum absolute atomic E-state index is 12.1. The molecule has 0 saturated carbocycles. The number of nitrogens with one attached hydrogen (secondary N) is 1. The van der Waals surface area contributed by atoms with E-state index >= 15 is 0 Å². The number of nitrogens with zero attached hydrogens (tertiary/aromatic N) is 1. The maximum Gasteiger partial charge on any atom is 0.394 e. The van der Waals surface area contributed by atoms with Crippen LogP contribution in [0, 0.1) is 6.92 Å². The Morgan fingerprint density at radius 3 is 2.65 bits per heavy atom. The van der Waals surface area contributed by atoms with Gasteiger partial charge in [-0.15, -0.1) is 0 Å². The molecule has 1 aromatic carbocycles. The summed E-state index contributed by atoms with van der Waals surface area (Å²) in [5, 5.41) is 11.2. The highest BCUT2D eigenvalue weighted by Gasteiger charge is 2.20. The van der Waals surface area contributed by atoms with E-state index in [-0.39, 0.29) is 11.8 Å². The molecular formula is C18H20N2O6. The van der Waals surface area contributed by atoms with Crippen LogP contribution in [0.1, 0.15) is 18.4 Å². The lowest BCUT2D eigenvalue weighted by Crippen LogP contribution is -2.35. The summed E-state index contributed by atoms with van der Waals surface area (Å²) in [5.74, 6) is -2.32. The number of anilines is 1. The van der Waals surface area contributed by atoms with Crippen LogP contribution in [0.15, 0.2) is 27.4 Å². The molecule has 0 atom stereocenters. The molecule has 0 radical (unpaired) electrons. The van der Waals surface area contributed by atoms with Crippen molar-refractivity contribution >= 4 is 28.5 Å². The third-order valence-corrected chi connectivity index (χ3v) is 4.50. The van der Waals surface area contributed by atoms with Crippen LogP contribution in [-0.4, -0.2) is 48.1 Å². The van der Waals surface area contributed by atoms with Crippen molar-refractivity contribution < 1.29 is 23.8 Å². The fourth-order valence-electron chi connectivity index (χ4n) is 2.98. The number of carboxylic acid groups (broad SMARTS) is 1. The molecule has 0 unspecified atom stereocenters. The summed E-state index contributed by atoms with van der Waals surface area (Å²) in [6, 6.07) is 4.90. The van der Waals surface area contributed by atoms with Crippen molar-refractivity contribution in [3.05, 3.63) is 34.2 Å². The maximum atomic E-state index is 12.1. The van der Waals surface area contributed by atoms with Crippen molar-refractivity contribution in [2.24, 2.45) is 0 Å². The first-order chi connectivity index (χ1) is 12.3. The molecule has 1 amide bonds. The van der Waals surface area contributed by atoms with Crippen LogP contribution in [0.25, 0.3) is 11.0 Å². The Morgan fingerprint density at radius 1 is 1.31 bits per heavy atom. The summed E-state index contributed by atoms with van der Waals surface area (Å²) >= 11 is 0. The number of rotatable bonds is 3. The van der Waals surface area contributed by atoms with Gasteiger partial charge in [-0.1, -0.05) is 0 Å². The van der Waals surface area contributed by atoms with Gasteiger partial charge in [-0.3, -0.25) is 4.79 Å². The first-order valence-electron chi connectivity index (χ1n) is 8.32. The number of aryl methyl sites for hydroxylation is 1. The average molecular weight is 360 g/mol. The summed E-state index contributed by atoms with van der Waals surface area (Å²) in [4.78, 5) is 36.2.